The van der Waals surface area contributed by atoms with Gasteiger partial charge in [0.15, 0.2) is 11.5 Å². The Hall–Kier alpha value is -3.79. The molecule has 1 N–H and O–H groups in total. The molecule has 0 unspecified atom stereocenters. The van der Waals surface area contributed by atoms with E-state index >= 15 is 0 Å². The van der Waals surface area contributed by atoms with E-state index in [-0.39, 0.29) is 18.2 Å². The van der Waals surface area contributed by atoms with Crippen molar-refractivity contribution < 1.29 is 23.7 Å². The van der Waals surface area contributed by atoms with Gasteiger partial charge in [0.25, 0.3) is 0 Å². The van der Waals surface area contributed by atoms with Crippen molar-refractivity contribution in [3.05, 3.63) is 42.6 Å². The standard InChI is InChI=1S/C26H29N5O5/c1-33-24-7-5-20-25(29-24)21(8-9-27-20)30-10-2-3-17(15-30)28-14-19-16-31(26(32)36-19)18-4-6-22-23(13-18)35-12-11-34-22/h4-9,13,17,19,28H,2-3,10-12,14-16H2,1H3/t17-,19-/m1/s1. The SMILES string of the molecule is COc1ccc2nccc(N3CCC[C@@H](NC[C@@H]4CN(c5ccc6c(c5)OCCO6)C(=O)O4)C3)c2n1. The zero-order chi connectivity index (χ0) is 24.5. The molecule has 2 aromatic heterocycles. The topological polar surface area (TPSA) is 98.3 Å². The fraction of sp³-hybridized carbons (Fsp3) is 0.423. The van der Waals surface area contributed by atoms with Crippen LogP contribution in [0.25, 0.3) is 11.0 Å². The first-order chi connectivity index (χ1) is 17.7. The van der Waals surface area contributed by atoms with E-state index in [0.717, 1.165) is 48.3 Å². The molecule has 0 bridgehead atoms. The van der Waals surface area contributed by atoms with Gasteiger partial charge in [0.2, 0.25) is 5.88 Å². The lowest BCUT2D eigenvalue weighted by Crippen LogP contribution is -2.48. The summed E-state index contributed by atoms with van der Waals surface area (Å²) >= 11 is 0. The number of aromatic nitrogens is 2. The third-order valence-corrected chi connectivity index (χ3v) is 6.85. The molecular formula is C26H29N5O5. The quantitative estimate of drug-likeness (QED) is 0.558. The fourth-order valence-electron chi connectivity index (χ4n) is 5.06. The number of cyclic esters (lactones) is 1. The van der Waals surface area contributed by atoms with Gasteiger partial charge in [-0.1, -0.05) is 0 Å². The number of methoxy groups -OCH3 is 1. The normalized spacial score (nSPS) is 21.5. The molecule has 2 fully saturated rings. The lowest BCUT2D eigenvalue weighted by molar-refractivity contribution is 0.137. The van der Waals surface area contributed by atoms with Crippen LogP contribution >= 0.6 is 0 Å². The molecule has 0 radical (unpaired) electrons. The number of nitrogens with one attached hydrogen (secondary N) is 1. The predicted octanol–water partition coefficient (Wildman–Crippen LogP) is 2.99. The van der Waals surface area contributed by atoms with Crippen LogP contribution in [-0.2, 0) is 4.74 Å². The number of rotatable bonds is 6. The number of carbonyl (C=O) groups excluding carboxylic acids is 1. The van der Waals surface area contributed by atoms with Gasteiger partial charge >= 0.3 is 6.09 Å². The molecule has 5 heterocycles. The van der Waals surface area contributed by atoms with E-state index in [1.807, 2.05) is 42.6 Å². The number of piperidine rings is 1. The lowest BCUT2D eigenvalue weighted by atomic mass is 10.0. The summed E-state index contributed by atoms with van der Waals surface area (Å²) in [5, 5.41) is 3.63. The second-order valence-corrected chi connectivity index (χ2v) is 9.19. The minimum Gasteiger partial charge on any atom is -0.486 e. The Kier molecular flexibility index (Phi) is 6.10. The van der Waals surface area contributed by atoms with Crippen LogP contribution in [0.2, 0.25) is 0 Å². The number of fused-ring (bicyclic) bond motifs is 2. The average Bonchev–Trinajstić information content (AvgIpc) is 3.31. The largest absolute Gasteiger partial charge is 0.486 e. The summed E-state index contributed by atoms with van der Waals surface area (Å²) in [5.41, 5.74) is 3.50. The summed E-state index contributed by atoms with van der Waals surface area (Å²) in [6, 6.07) is 11.6. The molecule has 1 aromatic carbocycles. The van der Waals surface area contributed by atoms with E-state index in [4.69, 9.17) is 18.9 Å². The Balaban J connectivity index is 1.09. The molecule has 2 saturated heterocycles. The number of pyridine rings is 2. The second kappa shape index (κ2) is 9.69. The van der Waals surface area contributed by atoms with Crippen LogP contribution < -0.4 is 29.3 Å². The molecule has 1 amide bonds. The maximum atomic E-state index is 12.6. The van der Waals surface area contributed by atoms with Crippen LogP contribution in [0.15, 0.2) is 42.6 Å². The van der Waals surface area contributed by atoms with Crippen LogP contribution in [0.1, 0.15) is 12.8 Å². The molecule has 3 aliphatic rings. The van der Waals surface area contributed by atoms with Crippen LogP contribution in [0, 0.1) is 0 Å². The Morgan fingerprint density at radius 2 is 2.00 bits per heavy atom. The van der Waals surface area contributed by atoms with Gasteiger partial charge in [0.05, 0.1) is 30.5 Å². The van der Waals surface area contributed by atoms with Gasteiger partial charge in [0.1, 0.15) is 24.8 Å². The van der Waals surface area contributed by atoms with Gasteiger partial charge in [-0.05, 0) is 37.1 Å². The van der Waals surface area contributed by atoms with Crippen LogP contribution in [0.4, 0.5) is 16.2 Å². The number of benzene rings is 1. The Labute approximate surface area is 209 Å². The number of anilines is 2. The molecule has 3 aromatic rings. The zero-order valence-electron chi connectivity index (χ0n) is 20.2. The molecule has 36 heavy (non-hydrogen) atoms. The first kappa shape index (κ1) is 22.7. The molecule has 6 rings (SSSR count). The average molecular weight is 492 g/mol. The maximum Gasteiger partial charge on any atom is 0.414 e. The van der Waals surface area contributed by atoms with Gasteiger partial charge in [-0.2, -0.15) is 0 Å². The Morgan fingerprint density at radius 1 is 1.11 bits per heavy atom. The number of hydrogen-bond donors (Lipinski definition) is 1. The van der Waals surface area contributed by atoms with Crippen molar-refractivity contribution in [1.82, 2.24) is 15.3 Å². The molecule has 188 valence electrons. The molecule has 0 aliphatic carbocycles. The third kappa shape index (κ3) is 4.44. The van der Waals surface area contributed by atoms with Crippen LogP contribution in [-0.4, -0.2) is 74.7 Å². The second-order valence-electron chi connectivity index (χ2n) is 9.19. The van der Waals surface area contributed by atoms with E-state index in [1.165, 1.54) is 0 Å². The summed E-state index contributed by atoms with van der Waals surface area (Å²) in [4.78, 5) is 25.7. The van der Waals surface area contributed by atoms with Gasteiger partial charge in [-0.25, -0.2) is 9.78 Å². The van der Waals surface area contributed by atoms with Crippen molar-refractivity contribution >= 4 is 28.5 Å². The molecule has 0 saturated carbocycles. The van der Waals surface area contributed by atoms with Gasteiger partial charge in [-0.15, -0.1) is 0 Å². The minimum absolute atomic E-state index is 0.228. The first-order valence-corrected chi connectivity index (χ1v) is 12.3. The highest BCUT2D eigenvalue weighted by atomic mass is 16.6. The van der Waals surface area contributed by atoms with Crippen LogP contribution in [0.5, 0.6) is 17.4 Å². The van der Waals surface area contributed by atoms with Crippen molar-refractivity contribution in [1.29, 1.82) is 0 Å². The van der Waals surface area contributed by atoms with Crippen molar-refractivity contribution in [3.8, 4) is 17.4 Å². The van der Waals surface area contributed by atoms with Gasteiger partial charge in [0, 0.05) is 44.0 Å². The summed E-state index contributed by atoms with van der Waals surface area (Å²) in [6.07, 6.45) is 3.37. The summed E-state index contributed by atoms with van der Waals surface area (Å²) < 4.78 is 22.2. The number of ether oxygens (including phenoxy) is 4. The van der Waals surface area contributed by atoms with E-state index < -0.39 is 0 Å². The highest BCUT2D eigenvalue weighted by molar-refractivity contribution is 5.90. The van der Waals surface area contributed by atoms with Crippen molar-refractivity contribution in [2.24, 2.45) is 0 Å². The first-order valence-electron chi connectivity index (χ1n) is 12.3. The molecule has 0 spiro atoms. The van der Waals surface area contributed by atoms with Gasteiger partial charge in [-0.3, -0.25) is 9.88 Å². The van der Waals surface area contributed by atoms with E-state index in [1.54, 1.807) is 12.0 Å². The zero-order valence-corrected chi connectivity index (χ0v) is 20.2. The highest BCUT2D eigenvalue weighted by Crippen LogP contribution is 2.35. The number of hydrogen-bond acceptors (Lipinski definition) is 9. The van der Waals surface area contributed by atoms with Crippen molar-refractivity contribution in [2.75, 3.05) is 56.3 Å². The van der Waals surface area contributed by atoms with E-state index in [9.17, 15) is 4.79 Å². The van der Waals surface area contributed by atoms with E-state index in [0.29, 0.717) is 43.7 Å². The van der Waals surface area contributed by atoms with Crippen molar-refractivity contribution in [3.63, 3.8) is 0 Å². The van der Waals surface area contributed by atoms with Gasteiger partial charge < -0.3 is 29.2 Å². The summed E-state index contributed by atoms with van der Waals surface area (Å²) in [6.45, 7) is 3.91. The number of carbonyl (C=O) groups is 1. The molecule has 3 aliphatic heterocycles. The smallest absolute Gasteiger partial charge is 0.414 e. The molecule has 10 nitrogen and oxygen atoms in total. The number of nitrogens with zero attached hydrogens (tertiary/aromatic N) is 4. The predicted molar refractivity (Wildman–Crippen MR) is 134 cm³/mol. The van der Waals surface area contributed by atoms with E-state index in [2.05, 4.69) is 20.2 Å². The summed E-state index contributed by atoms with van der Waals surface area (Å²) in [7, 11) is 1.62. The Bertz CT molecular complexity index is 1270. The Morgan fingerprint density at radius 3 is 2.89 bits per heavy atom. The maximum absolute atomic E-state index is 12.6. The monoisotopic (exact) mass is 491 g/mol. The fourth-order valence-corrected chi connectivity index (χ4v) is 5.06. The molecule has 10 heteroatoms. The molecule has 2 atom stereocenters. The van der Waals surface area contributed by atoms with Crippen molar-refractivity contribution in [2.45, 2.75) is 25.0 Å². The lowest BCUT2D eigenvalue weighted by Gasteiger charge is -2.35. The third-order valence-electron chi connectivity index (χ3n) is 6.85. The number of amides is 1. The minimum atomic E-state index is -0.341. The summed E-state index contributed by atoms with van der Waals surface area (Å²) in [5.74, 6) is 1.94. The van der Waals surface area contributed by atoms with Crippen LogP contribution in [0.3, 0.4) is 0 Å². The molecular weight excluding hydrogens is 462 g/mol. The highest BCUT2D eigenvalue weighted by Gasteiger charge is 2.34.